The molecular formula is C11H10N6. The van der Waals surface area contributed by atoms with Gasteiger partial charge in [0.05, 0.1) is 11.2 Å². The molecular weight excluding hydrogens is 216 g/mol. The van der Waals surface area contributed by atoms with Gasteiger partial charge >= 0.3 is 0 Å². The number of aromatic nitrogens is 4. The first-order valence-corrected chi connectivity index (χ1v) is 5.05. The summed E-state index contributed by atoms with van der Waals surface area (Å²) in [5.41, 5.74) is 14.1. The highest BCUT2D eigenvalue weighted by molar-refractivity contribution is 5.77. The van der Waals surface area contributed by atoms with E-state index < -0.39 is 0 Å². The fraction of sp³-hybridized carbons (Fsp3) is 0. The number of imidazole rings is 1. The predicted octanol–water partition coefficient (Wildman–Crippen LogP) is 1.18. The summed E-state index contributed by atoms with van der Waals surface area (Å²) in [6.45, 7) is 0. The molecule has 6 nitrogen and oxygen atoms in total. The number of hydrogen-bond acceptors (Lipinski definition) is 5. The number of nitrogens with two attached hydrogens (primary N) is 2. The molecule has 0 aromatic carbocycles. The second-order valence-corrected chi connectivity index (χ2v) is 3.70. The quantitative estimate of drug-likeness (QED) is 0.577. The minimum Gasteiger partial charge on any atom is -0.397 e. The van der Waals surface area contributed by atoms with Crippen molar-refractivity contribution in [2.75, 3.05) is 11.5 Å². The molecule has 0 saturated heterocycles. The van der Waals surface area contributed by atoms with Crippen molar-refractivity contribution in [1.29, 1.82) is 0 Å². The lowest BCUT2D eigenvalue weighted by atomic mass is 10.2. The van der Waals surface area contributed by atoms with Crippen molar-refractivity contribution in [3.05, 3.63) is 30.6 Å². The smallest absolute Gasteiger partial charge is 0.180 e. The first kappa shape index (κ1) is 9.59. The lowest BCUT2D eigenvalue weighted by Crippen LogP contribution is -1.89. The molecule has 3 rings (SSSR count). The Morgan fingerprint density at radius 2 is 1.94 bits per heavy atom. The lowest BCUT2D eigenvalue weighted by Gasteiger charge is -1.96. The van der Waals surface area contributed by atoms with E-state index in [1.165, 1.54) is 0 Å². The van der Waals surface area contributed by atoms with Crippen LogP contribution in [0, 0.1) is 0 Å². The molecule has 0 bridgehead atoms. The summed E-state index contributed by atoms with van der Waals surface area (Å²) in [5, 5.41) is 0. The van der Waals surface area contributed by atoms with Gasteiger partial charge in [0, 0.05) is 18.0 Å². The van der Waals surface area contributed by atoms with Crippen LogP contribution in [0.4, 0.5) is 11.5 Å². The van der Waals surface area contributed by atoms with Crippen LogP contribution in [0.2, 0.25) is 0 Å². The number of anilines is 2. The molecule has 17 heavy (non-hydrogen) atoms. The molecule has 84 valence electrons. The van der Waals surface area contributed by atoms with Crippen molar-refractivity contribution in [3.63, 3.8) is 0 Å². The molecule has 0 aliphatic heterocycles. The van der Waals surface area contributed by atoms with Gasteiger partial charge in [-0.25, -0.2) is 9.97 Å². The van der Waals surface area contributed by atoms with Gasteiger partial charge in [-0.2, -0.15) is 0 Å². The number of hydrogen-bond donors (Lipinski definition) is 3. The Labute approximate surface area is 96.7 Å². The van der Waals surface area contributed by atoms with E-state index in [4.69, 9.17) is 11.5 Å². The highest BCUT2D eigenvalue weighted by atomic mass is 15.0. The third-order valence-electron chi connectivity index (χ3n) is 2.40. The van der Waals surface area contributed by atoms with Crippen LogP contribution in [0.1, 0.15) is 0 Å². The monoisotopic (exact) mass is 226 g/mol. The fourth-order valence-electron chi connectivity index (χ4n) is 1.63. The zero-order valence-corrected chi connectivity index (χ0v) is 8.88. The number of fused-ring (bicyclic) bond motifs is 1. The number of aromatic amines is 1. The normalized spacial score (nSPS) is 10.8. The molecule has 0 unspecified atom stereocenters. The van der Waals surface area contributed by atoms with Crippen LogP contribution in [0.25, 0.3) is 22.6 Å². The van der Waals surface area contributed by atoms with Gasteiger partial charge in [-0.3, -0.25) is 4.98 Å². The predicted molar refractivity (Wildman–Crippen MR) is 65.9 cm³/mol. The van der Waals surface area contributed by atoms with Gasteiger partial charge in [-0.05, 0) is 18.2 Å². The van der Waals surface area contributed by atoms with Crippen molar-refractivity contribution in [3.8, 4) is 11.4 Å². The maximum atomic E-state index is 5.67. The number of pyridine rings is 2. The van der Waals surface area contributed by atoms with E-state index in [2.05, 4.69) is 19.9 Å². The average molecular weight is 226 g/mol. The molecule has 0 saturated carbocycles. The van der Waals surface area contributed by atoms with Crippen molar-refractivity contribution < 1.29 is 0 Å². The van der Waals surface area contributed by atoms with Crippen molar-refractivity contribution in [2.24, 2.45) is 0 Å². The second-order valence-electron chi connectivity index (χ2n) is 3.70. The zero-order valence-electron chi connectivity index (χ0n) is 8.88. The molecule has 3 aromatic heterocycles. The number of nitrogens with one attached hydrogen (secondary N) is 1. The van der Waals surface area contributed by atoms with Crippen LogP contribution in [-0.4, -0.2) is 19.9 Å². The first-order valence-electron chi connectivity index (χ1n) is 5.05. The molecule has 0 radical (unpaired) electrons. The Kier molecular flexibility index (Phi) is 1.94. The van der Waals surface area contributed by atoms with Crippen LogP contribution >= 0.6 is 0 Å². The molecule has 3 heterocycles. The van der Waals surface area contributed by atoms with Crippen LogP contribution in [0.3, 0.4) is 0 Å². The summed E-state index contributed by atoms with van der Waals surface area (Å²) < 4.78 is 0. The highest BCUT2D eigenvalue weighted by Crippen LogP contribution is 2.20. The van der Waals surface area contributed by atoms with Crippen LogP contribution in [0.5, 0.6) is 0 Å². The average Bonchev–Trinajstić information content (AvgIpc) is 2.72. The van der Waals surface area contributed by atoms with Gasteiger partial charge < -0.3 is 16.5 Å². The Morgan fingerprint density at radius 1 is 1.06 bits per heavy atom. The second kappa shape index (κ2) is 3.44. The Bertz CT molecular complexity index is 687. The molecule has 0 amide bonds. The van der Waals surface area contributed by atoms with Gasteiger partial charge in [0.25, 0.3) is 0 Å². The third kappa shape index (κ3) is 1.65. The molecule has 0 spiro atoms. The maximum absolute atomic E-state index is 5.67. The fourth-order valence-corrected chi connectivity index (χ4v) is 1.63. The maximum Gasteiger partial charge on any atom is 0.180 e. The molecule has 0 atom stereocenters. The molecule has 0 aliphatic carbocycles. The molecule has 0 fully saturated rings. The van der Waals surface area contributed by atoms with E-state index in [9.17, 15) is 0 Å². The van der Waals surface area contributed by atoms with Gasteiger partial charge in [0.15, 0.2) is 5.65 Å². The summed E-state index contributed by atoms with van der Waals surface area (Å²) in [7, 11) is 0. The Balaban J connectivity index is 2.18. The first-order chi connectivity index (χ1) is 8.22. The van der Waals surface area contributed by atoms with Crippen LogP contribution < -0.4 is 11.5 Å². The van der Waals surface area contributed by atoms with Crippen LogP contribution in [-0.2, 0) is 0 Å². The van der Waals surface area contributed by atoms with E-state index in [1.54, 1.807) is 24.5 Å². The number of nitrogen functional groups attached to an aromatic ring is 2. The Hall–Kier alpha value is -2.63. The number of nitrogens with zero attached hydrogens (tertiary/aromatic N) is 3. The van der Waals surface area contributed by atoms with Gasteiger partial charge in [-0.1, -0.05) is 0 Å². The summed E-state index contributed by atoms with van der Waals surface area (Å²) >= 11 is 0. The number of H-pyrrole nitrogens is 1. The minimum atomic E-state index is 0.446. The van der Waals surface area contributed by atoms with E-state index in [0.717, 1.165) is 11.1 Å². The molecule has 3 aromatic rings. The van der Waals surface area contributed by atoms with Gasteiger partial charge in [-0.15, -0.1) is 0 Å². The Morgan fingerprint density at radius 3 is 2.76 bits per heavy atom. The van der Waals surface area contributed by atoms with E-state index in [-0.39, 0.29) is 0 Å². The lowest BCUT2D eigenvalue weighted by molar-refractivity contribution is 1.26. The minimum absolute atomic E-state index is 0.446. The largest absolute Gasteiger partial charge is 0.397 e. The van der Waals surface area contributed by atoms with E-state index >= 15 is 0 Å². The summed E-state index contributed by atoms with van der Waals surface area (Å²) in [4.78, 5) is 15.6. The molecule has 6 heteroatoms. The van der Waals surface area contributed by atoms with Crippen molar-refractivity contribution in [1.82, 2.24) is 19.9 Å². The van der Waals surface area contributed by atoms with Crippen LogP contribution in [0.15, 0.2) is 30.6 Å². The standard InChI is InChI=1S/C11H10N6/c12-7-3-6(4-14-5-7)10-15-8-1-2-9(13)16-11(8)17-10/h1-5H,12H2,(H3,13,15,16,17). The van der Waals surface area contributed by atoms with Gasteiger partial charge in [0.2, 0.25) is 0 Å². The topological polar surface area (TPSA) is 106 Å². The van der Waals surface area contributed by atoms with Crippen molar-refractivity contribution >= 4 is 22.7 Å². The zero-order chi connectivity index (χ0) is 11.8. The molecule has 5 N–H and O–H groups in total. The van der Waals surface area contributed by atoms with Crippen molar-refractivity contribution in [2.45, 2.75) is 0 Å². The SMILES string of the molecule is Nc1cncc(-c2nc3nc(N)ccc3[nH]2)c1. The third-order valence-corrected chi connectivity index (χ3v) is 2.40. The highest BCUT2D eigenvalue weighted by Gasteiger charge is 2.06. The van der Waals surface area contributed by atoms with E-state index in [0.29, 0.717) is 23.0 Å². The summed E-state index contributed by atoms with van der Waals surface area (Å²) in [6.07, 6.45) is 3.28. The van der Waals surface area contributed by atoms with E-state index in [1.807, 2.05) is 6.07 Å². The summed E-state index contributed by atoms with van der Waals surface area (Å²) in [5.74, 6) is 1.12. The number of rotatable bonds is 1. The summed E-state index contributed by atoms with van der Waals surface area (Å²) in [6, 6.07) is 5.36. The molecule has 0 aliphatic rings. The van der Waals surface area contributed by atoms with Gasteiger partial charge in [0.1, 0.15) is 11.6 Å².